The Balaban J connectivity index is 1.81. The number of hydrogen-bond donors (Lipinski definition) is 0. The fourth-order valence-corrected chi connectivity index (χ4v) is 3.32. The smallest absolute Gasteiger partial charge is 0.267 e. The van der Waals surface area contributed by atoms with Crippen LogP contribution >= 0.6 is 11.6 Å². The Hall–Kier alpha value is -2.63. The van der Waals surface area contributed by atoms with Gasteiger partial charge in [-0.15, -0.1) is 0 Å². The van der Waals surface area contributed by atoms with Gasteiger partial charge in [0.15, 0.2) is 0 Å². The molecule has 0 aliphatic carbocycles. The molecule has 2 aromatic carbocycles. The minimum absolute atomic E-state index is 0.327. The number of nitrogens with zero attached hydrogens (tertiary/aromatic N) is 2. The minimum atomic E-state index is -0.331. The number of halogens is 1. The van der Waals surface area contributed by atoms with Gasteiger partial charge in [0.05, 0.1) is 24.5 Å². The molecule has 1 fully saturated rings. The van der Waals surface area contributed by atoms with Gasteiger partial charge in [-0.2, -0.15) is 0 Å². The molecule has 0 bridgehead atoms. The molecule has 0 aromatic heterocycles. The highest BCUT2D eigenvalue weighted by Gasteiger charge is 2.36. The number of fused-ring (bicyclic) bond motifs is 1. The molecule has 4 rings (SSSR count). The van der Waals surface area contributed by atoms with E-state index < -0.39 is 0 Å². The summed E-state index contributed by atoms with van der Waals surface area (Å²) >= 11 is 5.94. The van der Waals surface area contributed by atoms with E-state index in [1.54, 1.807) is 36.4 Å². The van der Waals surface area contributed by atoms with Crippen molar-refractivity contribution in [2.24, 2.45) is 0 Å². The number of amides is 2. The Morgan fingerprint density at radius 3 is 2.23 bits per heavy atom. The molecule has 1 saturated heterocycles. The van der Waals surface area contributed by atoms with Crippen LogP contribution in [0.15, 0.2) is 54.7 Å². The third kappa shape index (κ3) is 3.00. The summed E-state index contributed by atoms with van der Waals surface area (Å²) in [6, 6.07) is 13.9. The van der Waals surface area contributed by atoms with Crippen molar-refractivity contribution in [1.29, 1.82) is 0 Å². The molecule has 6 heteroatoms. The monoisotopic (exact) mass is 368 g/mol. The maximum atomic E-state index is 13.2. The summed E-state index contributed by atoms with van der Waals surface area (Å²) in [5, 5.41) is 0.551. The Kier molecular flexibility index (Phi) is 4.49. The summed E-state index contributed by atoms with van der Waals surface area (Å²) in [6.07, 6.45) is 1.85. The maximum absolute atomic E-state index is 13.2. The van der Waals surface area contributed by atoms with E-state index in [0.29, 0.717) is 53.7 Å². The van der Waals surface area contributed by atoms with Gasteiger partial charge in [-0.1, -0.05) is 29.8 Å². The summed E-state index contributed by atoms with van der Waals surface area (Å²) in [5.41, 5.74) is 2.20. The first-order chi connectivity index (χ1) is 12.6. The lowest BCUT2D eigenvalue weighted by atomic mass is 9.93. The van der Waals surface area contributed by atoms with Crippen LogP contribution < -0.4 is 4.90 Å². The van der Waals surface area contributed by atoms with Crippen LogP contribution in [0.25, 0.3) is 5.57 Å². The predicted octanol–water partition coefficient (Wildman–Crippen LogP) is 3.20. The number of hydrogen-bond acceptors (Lipinski definition) is 4. The summed E-state index contributed by atoms with van der Waals surface area (Å²) in [5.74, 6) is -0.658. The number of morpholine rings is 1. The van der Waals surface area contributed by atoms with Gasteiger partial charge in [0, 0.05) is 35.4 Å². The van der Waals surface area contributed by atoms with E-state index in [0.717, 1.165) is 0 Å². The fraction of sp³-hybridized carbons (Fsp3) is 0.200. The topological polar surface area (TPSA) is 49.9 Å². The highest BCUT2D eigenvalue weighted by molar-refractivity contribution is 6.41. The normalized spacial score (nSPS) is 19.0. The molecule has 0 N–H and O–H groups in total. The lowest BCUT2D eigenvalue weighted by Crippen LogP contribution is -2.43. The van der Waals surface area contributed by atoms with Crippen LogP contribution in [-0.2, 0) is 9.53 Å². The second-order valence-corrected chi connectivity index (χ2v) is 6.60. The predicted molar refractivity (Wildman–Crippen MR) is 100 cm³/mol. The Bertz CT molecular complexity index is 886. The van der Waals surface area contributed by atoms with Gasteiger partial charge in [-0.25, -0.2) is 4.90 Å². The van der Waals surface area contributed by atoms with E-state index in [1.807, 2.05) is 18.3 Å². The molecule has 2 aliphatic heterocycles. The summed E-state index contributed by atoms with van der Waals surface area (Å²) in [6.45, 7) is 2.68. The van der Waals surface area contributed by atoms with E-state index in [2.05, 4.69) is 4.90 Å². The highest BCUT2D eigenvalue weighted by Crippen LogP contribution is 2.32. The second-order valence-electron chi connectivity index (χ2n) is 6.16. The quantitative estimate of drug-likeness (QED) is 0.603. The van der Waals surface area contributed by atoms with Crippen LogP contribution in [0.5, 0.6) is 0 Å². The molecule has 2 heterocycles. The number of imide groups is 1. The zero-order valence-corrected chi connectivity index (χ0v) is 14.8. The molecule has 2 amide bonds. The molecule has 0 spiro atoms. The van der Waals surface area contributed by atoms with Gasteiger partial charge in [0.25, 0.3) is 11.8 Å². The van der Waals surface area contributed by atoms with E-state index in [-0.39, 0.29) is 11.8 Å². The number of carbonyl (C=O) groups excluding carboxylic acids is 2. The van der Waals surface area contributed by atoms with Gasteiger partial charge < -0.3 is 9.64 Å². The number of rotatable bonds is 2. The van der Waals surface area contributed by atoms with E-state index in [9.17, 15) is 9.59 Å². The summed E-state index contributed by atoms with van der Waals surface area (Å²) in [7, 11) is 0. The average Bonchev–Trinajstić information content (AvgIpc) is 2.67. The highest BCUT2D eigenvalue weighted by atomic mass is 35.5. The van der Waals surface area contributed by atoms with E-state index in [1.165, 1.54) is 4.90 Å². The van der Waals surface area contributed by atoms with Crippen molar-refractivity contribution in [3.63, 3.8) is 0 Å². The van der Waals surface area contributed by atoms with Crippen molar-refractivity contribution >= 4 is 34.7 Å². The molecule has 0 atom stereocenters. The third-order valence-electron chi connectivity index (χ3n) is 4.53. The van der Waals surface area contributed by atoms with Crippen molar-refractivity contribution in [2.45, 2.75) is 0 Å². The Morgan fingerprint density at radius 2 is 1.54 bits per heavy atom. The zero-order chi connectivity index (χ0) is 18.1. The van der Waals surface area contributed by atoms with Crippen LogP contribution in [0.3, 0.4) is 0 Å². The fourth-order valence-electron chi connectivity index (χ4n) is 3.19. The SMILES string of the molecule is O=C1C(=CN2CCOCC2)c2ccccc2C(=O)N1c1ccc(Cl)cc1. The second kappa shape index (κ2) is 6.94. The number of ether oxygens (including phenoxy) is 1. The molecule has 0 radical (unpaired) electrons. The Morgan fingerprint density at radius 1 is 0.885 bits per heavy atom. The number of carbonyl (C=O) groups is 2. The summed E-state index contributed by atoms with van der Waals surface area (Å²) in [4.78, 5) is 29.4. The maximum Gasteiger partial charge on any atom is 0.267 e. The molecular formula is C20H17ClN2O3. The first kappa shape index (κ1) is 16.8. The van der Waals surface area contributed by atoms with Crippen molar-refractivity contribution < 1.29 is 14.3 Å². The van der Waals surface area contributed by atoms with Crippen molar-refractivity contribution in [3.8, 4) is 0 Å². The van der Waals surface area contributed by atoms with Crippen LogP contribution in [0.4, 0.5) is 5.69 Å². The molecule has 132 valence electrons. The molecule has 2 aromatic rings. The molecule has 0 saturated carbocycles. The van der Waals surface area contributed by atoms with Crippen molar-refractivity contribution in [2.75, 3.05) is 31.2 Å². The average molecular weight is 369 g/mol. The number of anilines is 1. The van der Waals surface area contributed by atoms with Crippen LogP contribution in [0, 0.1) is 0 Å². The van der Waals surface area contributed by atoms with Gasteiger partial charge in [-0.05, 0) is 30.3 Å². The van der Waals surface area contributed by atoms with Crippen LogP contribution in [-0.4, -0.2) is 43.0 Å². The Labute approximate surface area is 156 Å². The van der Waals surface area contributed by atoms with Crippen LogP contribution in [0.2, 0.25) is 5.02 Å². The molecular weight excluding hydrogens is 352 g/mol. The van der Waals surface area contributed by atoms with E-state index in [4.69, 9.17) is 16.3 Å². The lowest BCUT2D eigenvalue weighted by Gasteiger charge is -2.31. The van der Waals surface area contributed by atoms with Gasteiger partial charge in [0.1, 0.15) is 0 Å². The van der Waals surface area contributed by atoms with Crippen molar-refractivity contribution in [3.05, 3.63) is 70.9 Å². The van der Waals surface area contributed by atoms with Gasteiger partial charge in [-0.3, -0.25) is 9.59 Å². The first-order valence-electron chi connectivity index (χ1n) is 8.42. The minimum Gasteiger partial charge on any atom is -0.378 e. The summed E-state index contributed by atoms with van der Waals surface area (Å²) < 4.78 is 5.37. The molecule has 26 heavy (non-hydrogen) atoms. The molecule has 0 unspecified atom stereocenters. The lowest BCUT2D eigenvalue weighted by molar-refractivity contribution is -0.112. The van der Waals surface area contributed by atoms with Gasteiger partial charge in [0.2, 0.25) is 0 Å². The standard InChI is InChI=1S/C20H17ClN2O3/c21-14-5-7-15(8-6-14)23-19(24)17-4-2-1-3-16(17)18(20(23)25)13-22-9-11-26-12-10-22/h1-8,13H,9-12H2. The first-order valence-corrected chi connectivity index (χ1v) is 8.80. The van der Waals surface area contributed by atoms with Gasteiger partial charge >= 0.3 is 0 Å². The third-order valence-corrected chi connectivity index (χ3v) is 4.78. The molecule has 5 nitrogen and oxygen atoms in total. The zero-order valence-electron chi connectivity index (χ0n) is 14.0. The van der Waals surface area contributed by atoms with E-state index >= 15 is 0 Å². The van der Waals surface area contributed by atoms with Crippen LogP contribution in [0.1, 0.15) is 15.9 Å². The number of benzene rings is 2. The molecule has 2 aliphatic rings. The largest absolute Gasteiger partial charge is 0.378 e. The van der Waals surface area contributed by atoms with Crippen molar-refractivity contribution in [1.82, 2.24) is 4.90 Å².